The van der Waals surface area contributed by atoms with Crippen LogP contribution in [-0.2, 0) is 0 Å². The van der Waals surface area contributed by atoms with Crippen molar-refractivity contribution in [2.75, 3.05) is 6.61 Å². The van der Waals surface area contributed by atoms with Gasteiger partial charge in [0.15, 0.2) is 0 Å². The summed E-state index contributed by atoms with van der Waals surface area (Å²) >= 11 is 0. The molecule has 1 aromatic carbocycles. The van der Waals surface area contributed by atoms with Crippen molar-refractivity contribution in [2.45, 2.75) is 58.3 Å². The number of hydrogen-bond acceptors (Lipinski definition) is 1. The SMILES string of the molecule is C/C=C/CCC1CCC(c2ccc(OCC)cc2)CC1. The van der Waals surface area contributed by atoms with E-state index in [2.05, 4.69) is 43.3 Å². The summed E-state index contributed by atoms with van der Waals surface area (Å²) in [6.07, 6.45) is 12.6. The molecular weight excluding hydrogens is 244 g/mol. The van der Waals surface area contributed by atoms with Gasteiger partial charge in [0.1, 0.15) is 5.75 Å². The van der Waals surface area contributed by atoms with Gasteiger partial charge in [-0.1, -0.05) is 24.3 Å². The maximum absolute atomic E-state index is 5.51. The number of benzene rings is 1. The standard InChI is InChI=1S/C19H28O/c1-3-5-6-7-16-8-10-17(11-9-16)18-12-14-19(15-13-18)20-4-2/h3,5,12-17H,4,6-11H2,1-2H3/b5-3+. The molecule has 1 aliphatic rings. The summed E-state index contributed by atoms with van der Waals surface area (Å²) in [6.45, 7) is 4.89. The Labute approximate surface area is 124 Å². The topological polar surface area (TPSA) is 9.23 Å². The number of allylic oxidation sites excluding steroid dienone is 2. The minimum atomic E-state index is 0.747. The summed E-state index contributed by atoms with van der Waals surface area (Å²) in [4.78, 5) is 0. The third-order valence-corrected chi connectivity index (χ3v) is 4.49. The van der Waals surface area contributed by atoms with E-state index >= 15 is 0 Å². The third-order valence-electron chi connectivity index (χ3n) is 4.49. The van der Waals surface area contributed by atoms with E-state index in [1.807, 2.05) is 6.92 Å². The van der Waals surface area contributed by atoms with E-state index < -0.39 is 0 Å². The maximum atomic E-state index is 5.51. The zero-order valence-corrected chi connectivity index (χ0v) is 13.0. The van der Waals surface area contributed by atoms with Gasteiger partial charge in [-0.05, 0) is 81.9 Å². The lowest BCUT2D eigenvalue weighted by molar-refractivity contribution is 0.311. The zero-order valence-electron chi connectivity index (χ0n) is 13.0. The first-order chi connectivity index (χ1) is 9.83. The van der Waals surface area contributed by atoms with Gasteiger partial charge in [-0.2, -0.15) is 0 Å². The fraction of sp³-hybridized carbons (Fsp3) is 0.579. The molecule has 0 aliphatic heterocycles. The van der Waals surface area contributed by atoms with Gasteiger partial charge in [-0.3, -0.25) is 0 Å². The Bertz CT molecular complexity index is 396. The maximum Gasteiger partial charge on any atom is 0.119 e. The highest BCUT2D eigenvalue weighted by Gasteiger charge is 2.21. The average Bonchev–Trinajstić information content (AvgIpc) is 2.49. The van der Waals surface area contributed by atoms with Crippen molar-refractivity contribution in [2.24, 2.45) is 5.92 Å². The van der Waals surface area contributed by atoms with Crippen molar-refractivity contribution >= 4 is 0 Å². The molecule has 0 radical (unpaired) electrons. The second kappa shape index (κ2) is 8.14. The first-order valence-corrected chi connectivity index (χ1v) is 8.17. The second-order valence-electron chi connectivity index (χ2n) is 5.87. The fourth-order valence-corrected chi connectivity index (χ4v) is 3.29. The molecule has 0 spiro atoms. The Morgan fingerprint density at radius 2 is 1.80 bits per heavy atom. The first kappa shape index (κ1) is 15.2. The Morgan fingerprint density at radius 3 is 2.40 bits per heavy atom. The highest BCUT2D eigenvalue weighted by atomic mass is 16.5. The van der Waals surface area contributed by atoms with Gasteiger partial charge in [0.2, 0.25) is 0 Å². The highest BCUT2D eigenvalue weighted by Crippen LogP contribution is 2.37. The molecule has 2 rings (SSSR count). The Kier molecular flexibility index (Phi) is 6.17. The van der Waals surface area contributed by atoms with Gasteiger partial charge in [-0.15, -0.1) is 0 Å². The highest BCUT2D eigenvalue weighted by molar-refractivity contribution is 5.29. The molecule has 0 aromatic heterocycles. The van der Waals surface area contributed by atoms with Crippen LogP contribution < -0.4 is 4.74 Å². The van der Waals surface area contributed by atoms with Crippen LogP contribution >= 0.6 is 0 Å². The summed E-state index contributed by atoms with van der Waals surface area (Å²) in [5, 5.41) is 0. The van der Waals surface area contributed by atoms with Crippen LogP contribution in [0.25, 0.3) is 0 Å². The van der Waals surface area contributed by atoms with E-state index in [1.165, 1.54) is 44.1 Å². The van der Waals surface area contributed by atoms with Gasteiger partial charge < -0.3 is 4.74 Å². The lowest BCUT2D eigenvalue weighted by Crippen LogP contribution is -2.13. The number of rotatable bonds is 6. The van der Waals surface area contributed by atoms with Gasteiger partial charge in [0.05, 0.1) is 6.61 Å². The third kappa shape index (κ3) is 4.40. The minimum Gasteiger partial charge on any atom is -0.494 e. The van der Waals surface area contributed by atoms with Crippen LogP contribution in [0.15, 0.2) is 36.4 Å². The predicted octanol–water partition coefficient (Wildman–Crippen LogP) is 5.72. The second-order valence-corrected chi connectivity index (χ2v) is 5.87. The molecule has 1 aliphatic carbocycles. The van der Waals surface area contributed by atoms with Crippen LogP contribution in [0.1, 0.15) is 63.9 Å². The molecule has 0 bridgehead atoms. The zero-order chi connectivity index (χ0) is 14.2. The van der Waals surface area contributed by atoms with Crippen LogP contribution in [0.2, 0.25) is 0 Å². The number of ether oxygens (including phenoxy) is 1. The molecule has 20 heavy (non-hydrogen) atoms. The van der Waals surface area contributed by atoms with Crippen LogP contribution in [0, 0.1) is 5.92 Å². The van der Waals surface area contributed by atoms with Crippen LogP contribution in [0.4, 0.5) is 0 Å². The molecule has 0 unspecified atom stereocenters. The Balaban J connectivity index is 1.80. The minimum absolute atomic E-state index is 0.747. The summed E-state index contributed by atoms with van der Waals surface area (Å²) in [5.41, 5.74) is 1.50. The van der Waals surface area contributed by atoms with Crippen LogP contribution in [0.5, 0.6) is 5.75 Å². The van der Waals surface area contributed by atoms with Crippen molar-refractivity contribution < 1.29 is 4.74 Å². The summed E-state index contributed by atoms with van der Waals surface area (Å²) < 4.78 is 5.51. The van der Waals surface area contributed by atoms with Crippen molar-refractivity contribution in [3.05, 3.63) is 42.0 Å². The molecule has 0 saturated heterocycles. The van der Waals surface area contributed by atoms with Crippen molar-refractivity contribution in [3.8, 4) is 5.75 Å². The fourth-order valence-electron chi connectivity index (χ4n) is 3.29. The van der Waals surface area contributed by atoms with Gasteiger partial charge in [0, 0.05) is 0 Å². The quantitative estimate of drug-likeness (QED) is 0.602. The lowest BCUT2D eigenvalue weighted by Gasteiger charge is -2.28. The number of hydrogen-bond donors (Lipinski definition) is 0. The van der Waals surface area contributed by atoms with Gasteiger partial charge in [-0.25, -0.2) is 0 Å². The van der Waals surface area contributed by atoms with Gasteiger partial charge >= 0.3 is 0 Å². The normalized spacial score (nSPS) is 23.1. The summed E-state index contributed by atoms with van der Waals surface area (Å²) in [7, 11) is 0. The molecule has 1 fully saturated rings. The molecule has 0 amide bonds. The van der Waals surface area contributed by atoms with E-state index in [0.29, 0.717) is 0 Å². The Morgan fingerprint density at radius 1 is 1.10 bits per heavy atom. The van der Waals surface area contributed by atoms with Crippen LogP contribution in [0.3, 0.4) is 0 Å². The lowest BCUT2D eigenvalue weighted by atomic mass is 9.77. The molecule has 1 nitrogen and oxygen atoms in total. The molecule has 0 N–H and O–H groups in total. The van der Waals surface area contributed by atoms with E-state index in [-0.39, 0.29) is 0 Å². The van der Waals surface area contributed by atoms with Crippen molar-refractivity contribution in [1.82, 2.24) is 0 Å². The largest absolute Gasteiger partial charge is 0.494 e. The van der Waals surface area contributed by atoms with E-state index in [9.17, 15) is 0 Å². The van der Waals surface area contributed by atoms with E-state index in [1.54, 1.807) is 0 Å². The molecule has 1 aromatic rings. The molecule has 0 atom stereocenters. The van der Waals surface area contributed by atoms with Crippen LogP contribution in [-0.4, -0.2) is 6.61 Å². The Hall–Kier alpha value is -1.24. The van der Waals surface area contributed by atoms with Crippen molar-refractivity contribution in [1.29, 1.82) is 0 Å². The van der Waals surface area contributed by atoms with Gasteiger partial charge in [0.25, 0.3) is 0 Å². The molecule has 0 heterocycles. The summed E-state index contributed by atoms with van der Waals surface area (Å²) in [5.74, 6) is 2.71. The monoisotopic (exact) mass is 272 g/mol. The summed E-state index contributed by atoms with van der Waals surface area (Å²) in [6, 6.07) is 8.76. The van der Waals surface area contributed by atoms with Crippen molar-refractivity contribution in [3.63, 3.8) is 0 Å². The first-order valence-electron chi connectivity index (χ1n) is 8.17. The average molecular weight is 272 g/mol. The predicted molar refractivity (Wildman–Crippen MR) is 86.4 cm³/mol. The smallest absolute Gasteiger partial charge is 0.119 e. The molecule has 110 valence electrons. The van der Waals surface area contributed by atoms with E-state index in [4.69, 9.17) is 4.74 Å². The molecular formula is C19H28O. The molecule has 1 saturated carbocycles. The van der Waals surface area contributed by atoms with E-state index in [0.717, 1.165) is 24.2 Å². The molecule has 1 heteroatoms.